The minimum atomic E-state index is -0.646. The van der Waals surface area contributed by atoms with E-state index in [1.807, 2.05) is 6.92 Å². The molecule has 2 aliphatic rings. The van der Waals surface area contributed by atoms with Crippen molar-refractivity contribution >= 4 is 5.97 Å². The summed E-state index contributed by atoms with van der Waals surface area (Å²) >= 11 is 0. The van der Waals surface area contributed by atoms with E-state index in [9.17, 15) is 4.79 Å². The summed E-state index contributed by atoms with van der Waals surface area (Å²) in [6.45, 7) is 3.68. The standard InChI is InChI=1S/C11H19NO3/c1-7-5-12(6-10(7)11(13)14)8-3-9(4-8)15-2/h7-10H,3-6H2,1-2H3,(H,13,14). The molecule has 1 saturated carbocycles. The molecule has 2 fully saturated rings. The van der Waals surface area contributed by atoms with Crippen LogP contribution in [0.5, 0.6) is 0 Å². The van der Waals surface area contributed by atoms with Crippen LogP contribution in [0.15, 0.2) is 0 Å². The van der Waals surface area contributed by atoms with Gasteiger partial charge in [-0.2, -0.15) is 0 Å². The molecule has 4 nitrogen and oxygen atoms in total. The van der Waals surface area contributed by atoms with Crippen LogP contribution in [0.2, 0.25) is 0 Å². The topological polar surface area (TPSA) is 49.8 Å². The summed E-state index contributed by atoms with van der Waals surface area (Å²) in [6.07, 6.45) is 2.53. The molecule has 0 amide bonds. The summed E-state index contributed by atoms with van der Waals surface area (Å²) in [4.78, 5) is 13.3. The number of carboxylic acids is 1. The SMILES string of the molecule is COC1CC(N2CC(C)C(C(=O)O)C2)C1. The van der Waals surface area contributed by atoms with E-state index in [-0.39, 0.29) is 11.8 Å². The van der Waals surface area contributed by atoms with E-state index in [4.69, 9.17) is 9.84 Å². The molecule has 0 radical (unpaired) electrons. The summed E-state index contributed by atoms with van der Waals surface area (Å²) < 4.78 is 5.23. The van der Waals surface area contributed by atoms with E-state index in [1.165, 1.54) is 0 Å². The van der Waals surface area contributed by atoms with Crippen molar-refractivity contribution in [2.24, 2.45) is 11.8 Å². The van der Waals surface area contributed by atoms with Crippen molar-refractivity contribution in [2.45, 2.75) is 31.9 Å². The maximum Gasteiger partial charge on any atom is 0.308 e. The van der Waals surface area contributed by atoms with Gasteiger partial charge in [-0.15, -0.1) is 0 Å². The molecule has 0 aromatic rings. The third kappa shape index (κ3) is 2.01. The van der Waals surface area contributed by atoms with Crippen LogP contribution in [0.1, 0.15) is 19.8 Å². The Morgan fingerprint density at radius 3 is 2.53 bits per heavy atom. The summed E-state index contributed by atoms with van der Waals surface area (Å²) in [7, 11) is 1.74. The van der Waals surface area contributed by atoms with Gasteiger partial charge in [-0.25, -0.2) is 0 Å². The van der Waals surface area contributed by atoms with Crippen LogP contribution in [0, 0.1) is 11.8 Å². The Kier molecular flexibility index (Phi) is 2.98. The highest BCUT2D eigenvalue weighted by Gasteiger charge is 2.42. The van der Waals surface area contributed by atoms with Gasteiger partial charge in [0.25, 0.3) is 0 Å². The lowest BCUT2D eigenvalue weighted by Gasteiger charge is -2.40. The minimum absolute atomic E-state index is 0.174. The molecule has 0 bridgehead atoms. The second-order valence-electron chi connectivity index (χ2n) is 4.86. The monoisotopic (exact) mass is 213 g/mol. The highest BCUT2D eigenvalue weighted by Crippen LogP contribution is 2.33. The van der Waals surface area contributed by atoms with E-state index >= 15 is 0 Å². The van der Waals surface area contributed by atoms with Gasteiger partial charge in [-0.05, 0) is 18.8 Å². The zero-order chi connectivity index (χ0) is 11.0. The van der Waals surface area contributed by atoms with Gasteiger partial charge in [0.05, 0.1) is 12.0 Å². The Morgan fingerprint density at radius 1 is 1.40 bits per heavy atom. The molecule has 86 valence electrons. The number of hydrogen-bond acceptors (Lipinski definition) is 3. The minimum Gasteiger partial charge on any atom is -0.481 e. The Labute approximate surface area is 90.2 Å². The molecule has 4 heteroatoms. The smallest absolute Gasteiger partial charge is 0.308 e. The normalized spacial score (nSPS) is 41.5. The molecular formula is C11H19NO3. The number of ether oxygens (including phenoxy) is 1. The number of carbonyl (C=O) groups is 1. The van der Waals surface area contributed by atoms with Crippen molar-refractivity contribution in [3.05, 3.63) is 0 Å². The Balaban J connectivity index is 1.85. The molecule has 1 aliphatic carbocycles. The first kappa shape index (κ1) is 10.9. The number of nitrogens with zero attached hydrogens (tertiary/aromatic N) is 1. The van der Waals surface area contributed by atoms with Crippen LogP contribution in [0.4, 0.5) is 0 Å². The van der Waals surface area contributed by atoms with Crippen molar-refractivity contribution in [3.8, 4) is 0 Å². The van der Waals surface area contributed by atoms with E-state index in [0.29, 0.717) is 12.1 Å². The lowest BCUT2D eigenvalue weighted by molar-refractivity contribution is -0.142. The first-order valence-corrected chi connectivity index (χ1v) is 5.61. The molecule has 2 unspecified atom stereocenters. The van der Waals surface area contributed by atoms with E-state index in [1.54, 1.807) is 7.11 Å². The zero-order valence-corrected chi connectivity index (χ0v) is 9.35. The summed E-state index contributed by atoms with van der Waals surface area (Å²) in [5.41, 5.74) is 0. The maximum atomic E-state index is 11.0. The Hall–Kier alpha value is -0.610. The van der Waals surface area contributed by atoms with Gasteiger partial charge >= 0.3 is 5.97 Å². The lowest BCUT2D eigenvalue weighted by Crippen LogP contribution is -2.47. The summed E-state index contributed by atoms with van der Waals surface area (Å²) in [5, 5.41) is 9.02. The number of aliphatic carboxylic acids is 1. The van der Waals surface area contributed by atoms with Crippen LogP contribution in [-0.4, -0.2) is 48.3 Å². The molecule has 0 spiro atoms. The fourth-order valence-electron chi connectivity index (χ4n) is 2.65. The number of rotatable bonds is 3. The van der Waals surface area contributed by atoms with Crippen molar-refractivity contribution in [1.82, 2.24) is 4.90 Å². The average molecular weight is 213 g/mol. The van der Waals surface area contributed by atoms with Crippen molar-refractivity contribution < 1.29 is 14.6 Å². The van der Waals surface area contributed by atoms with Gasteiger partial charge in [0.1, 0.15) is 0 Å². The molecule has 2 atom stereocenters. The number of carboxylic acid groups (broad SMARTS) is 1. The molecule has 2 rings (SSSR count). The van der Waals surface area contributed by atoms with Gasteiger partial charge in [-0.1, -0.05) is 6.92 Å². The second kappa shape index (κ2) is 4.10. The van der Waals surface area contributed by atoms with Crippen molar-refractivity contribution in [2.75, 3.05) is 20.2 Å². The quantitative estimate of drug-likeness (QED) is 0.754. The number of hydrogen-bond donors (Lipinski definition) is 1. The average Bonchev–Trinajstić information content (AvgIpc) is 2.45. The highest BCUT2D eigenvalue weighted by atomic mass is 16.5. The molecule has 1 aliphatic heterocycles. The van der Waals surface area contributed by atoms with Gasteiger partial charge in [0.2, 0.25) is 0 Å². The number of likely N-dealkylation sites (tertiary alicyclic amines) is 1. The molecular weight excluding hydrogens is 194 g/mol. The summed E-state index contributed by atoms with van der Waals surface area (Å²) in [6, 6.07) is 0.557. The first-order valence-electron chi connectivity index (χ1n) is 5.61. The maximum absolute atomic E-state index is 11.0. The first-order chi connectivity index (χ1) is 7.11. The summed E-state index contributed by atoms with van der Waals surface area (Å²) in [5.74, 6) is -0.539. The van der Waals surface area contributed by atoms with E-state index in [2.05, 4.69) is 4.90 Å². The van der Waals surface area contributed by atoms with Crippen LogP contribution >= 0.6 is 0 Å². The molecule has 0 aromatic heterocycles. The van der Waals surface area contributed by atoms with Gasteiger partial charge < -0.3 is 9.84 Å². The predicted octanol–water partition coefficient (Wildman–Crippen LogP) is 0.816. The largest absolute Gasteiger partial charge is 0.481 e. The van der Waals surface area contributed by atoms with Crippen LogP contribution < -0.4 is 0 Å². The molecule has 1 heterocycles. The molecule has 1 saturated heterocycles. The van der Waals surface area contributed by atoms with Crippen molar-refractivity contribution in [1.29, 1.82) is 0 Å². The second-order valence-corrected chi connectivity index (χ2v) is 4.86. The highest BCUT2D eigenvalue weighted by molar-refractivity contribution is 5.71. The molecule has 0 aromatic carbocycles. The van der Waals surface area contributed by atoms with Gasteiger partial charge in [0.15, 0.2) is 0 Å². The predicted molar refractivity (Wildman–Crippen MR) is 55.7 cm³/mol. The third-order valence-corrected chi connectivity index (χ3v) is 3.88. The Bertz CT molecular complexity index is 250. The Morgan fingerprint density at radius 2 is 2.07 bits per heavy atom. The fourth-order valence-corrected chi connectivity index (χ4v) is 2.65. The van der Waals surface area contributed by atoms with E-state index < -0.39 is 5.97 Å². The fraction of sp³-hybridized carbons (Fsp3) is 0.909. The van der Waals surface area contributed by atoms with Crippen LogP contribution in [-0.2, 0) is 9.53 Å². The van der Waals surface area contributed by atoms with Gasteiger partial charge in [0, 0.05) is 26.2 Å². The molecule has 15 heavy (non-hydrogen) atoms. The van der Waals surface area contributed by atoms with E-state index in [0.717, 1.165) is 25.9 Å². The van der Waals surface area contributed by atoms with Gasteiger partial charge in [-0.3, -0.25) is 9.69 Å². The zero-order valence-electron chi connectivity index (χ0n) is 9.35. The molecule has 1 N–H and O–H groups in total. The lowest BCUT2D eigenvalue weighted by atomic mass is 9.88. The van der Waals surface area contributed by atoms with Crippen LogP contribution in [0.3, 0.4) is 0 Å². The number of methoxy groups -OCH3 is 1. The van der Waals surface area contributed by atoms with Crippen molar-refractivity contribution in [3.63, 3.8) is 0 Å². The van der Waals surface area contributed by atoms with Crippen LogP contribution in [0.25, 0.3) is 0 Å². The third-order valence-electron chi connectivity index (χ3n) is 3.88.